The fourth-order valence-corrected chi connectivity index (χ4v) is 3.57. The molecule has 0 N–H and O–H groups in total. The maximum absolute atomic E-state index is 12.1. The first-order valence-electron chi connectivity index (χ1n) is 10.3. The number of carbonyl (C=O) groups is 1. The zero-order valence-corrected chi connectivity index (χ0v) is 18.1. The number of methoxy groups -OCH3 is 1. The van der Waals surface area contributed by atoms with Gasteiger partial charge in [0.2, 0.25) is 11.8 Å². The topological polar surface area (TPSA) is 104 Å². The van der Waals surface area contributed by atoms with Crippen molar-refractivity contribution in [1.29, 1.82) is 0 Å². The van der Waals surface area contributed by atoms with E-state index in [1.54, 1.807) is 24.4 Å². The second kappa shape index (κ2) is 8.75. The minimum Gasteiger partial charge on any atom is -0.481 e. The number of aryl methyl sites for hydroxylation is 1. The molecule has 1 aliphatic heterocycles. The standard InChI is InChI=1S/C21H26N6O4/c1-13(2)30-21(28)26-9-7-15(8-10-26)31-20-18-19(22-11-23-20)27(12-24-18)16-5-6-17(29-4)25-14(16)3/h5-6,11-13,15H,7-10H2,1-4H3. The fourth-order valence-electron chi connectivity index (χ4n) is 3.57. The van der Waals surface area contributed by atoms with E-state index < -0.39 is 0 Å². The molecule has 10 nitrogen and oxygen atoms in total. The number of aromatic nitrogens is 5. The first-order valence-corrected chi connectivity index (χ1v) is 10.3. The Labute approximate surface area is 180 Å². The van der Waals surface area contributed by atoms with Crippen LogP contribution in [0.25, 0.3) is 16.9 Å². The number of hydrogen-bond acceptors (Lipinski definition) is 8. The lowest BCUT2D eigenvalue weighted by Gasteiger charge is -2.31. The summed E-state index contributed by atoms with van der Waals surface area (Å²) in [7, 11) is 1.59. The number of amides is 1. The van der Waals surface area contributed by atoms with E-state index in [9.17, 15) is 4.79 Å². The van der Waals surface area contributed by atoms with Crippen LogP contribution in [0.15, 0.2) is 24.8 Å². The highest BCUT2D eigenvalue weighted by molar-refractivity contribution is 5.78. The van der Waals surface area contributed by atoms with E-state index in [1.807, 2.05) is 31.4 Å². The third-order valence-electron chi connectivity index (χ3n) is 5.12. The molecule has 3 aromatic rings. The van der Waals surface area contributed by atoms with Gasteiger partial charge in [0.1, 0.15) is 18.8 Å². The molecule has 0 aliphatic carbocycles. The van der Waals surface area contributed by atoms with Crippen LogP contribution in [0, 0.1) is 6.92 Å². The molecule has 4 heterocycles. The highest BCUT2D eigenvalue weighted by atomic mass is 16.6. The summed E-state index contributed by atoms with van der Waals surface area (Å²) in [4.78, 5) is 31.4. The van der Waals surface area contributed by atoms with Crippen LogP contribution in [0.4, 0.5) is 4.79 Å². The van der Waals surface area contributed by atoms with Crippen LogP contribution in [0.2, 0.25) is 0 Å². The molecule has 0 unspecified atom stereocenters. The SMILES string of the molecule is COc1ccc(-n2cnc3c(OC4CCN(C(=O)OC(C)C)CC4)ncnc32)c(C)n1. The Kier molecular flexibility index (Phi) is 5.88. The predicted molar refractivity (Wildman–Crippen MR) is 113 cm³/mol. The van der Waals surface area contributed by atoms with Crippen molar-refractivity contribution in [2.24, 2.45) is 0 Å². The minimum absolute atomic E-state index is 0.0595. The van der Waals surface area contributed by atoms with Gasteiger partial charge in [0, 0.05) is 32.0 Å². The summed E-state index contributed by atoms with van der Waals surface area (Å²) in [6.07, 6.45) is 4.08. The first kappa shape index (κ1) is 20.8. The maximum Gasteiger partial charge on any atom is 0.410 e. The van der Waals surface area contributed by atoms with Crippen molar-refractivity contribution in [3.63, 3.8) is 0 Å². The Morgan fingerprint density at radius 1 is 1.16 bits per heavy atom. The molecular formula is C21H26N6O4. The molecule has 10 heteroatoms. The van der Waals surface area contributed by atoms with E-state index in [2.05, 4.69) is 19.9 Å². The average molecular weight is 426 g/mol. The van der Waals surface area contributed by atoms with Crippen LogP contribution in [0.3, 0.4) is 0 Å². The molecule has 1 aliphatic rings. The lowest BCUT2D eigenvalue weighted by molar-refractivity contribution is 0.0510. The molecule has 0 radical (unpaired) electrons. The molecular weight excluding hydrogens is 400 g/mol. The third-order valence-corrected chi connectivity index (χ3v) is 5.12. The van der Waals surface area contributed by atoms with Crippen LogP contribution in [0.1, 0.15) is 32.4 Å². The molecule has 0 atom stereocenters. The summed E-state index contributed by atoms with van der Waals surface area (Å²) in [5.41, 5.74) is 2.86. The fraction of sp³-hybridized carbons (Fsp3) is 0.476. The van der Waals surface area contributed by atoms with E-state index in [0.717, 1.165) is 11.4 Å². The number of likely N-dealkylation sites (tertiary alicyclic amines) is 1. The number of rotatable bonds is 5. The smallest absolute Gasteiger partial charge is 0.410 e. The quantitative estimate of drug-likeness (QED) is 0.613. The van der Waals surface area contributed by atoms with Gasteiger partial charge in [0.05, 0.1) is 24.6 Å². The van der Waals surface area contributed by atoms with Gasteiger partial charge in [-0.05, 0) is 26.8 Å². The number of pyridine rings is 1. The lowest BCUT2D eigenvalue weighted by atomic mass is 10.1. The zero-order chi connectivity index (χ0) is 22.0. The molecule has 3 aromatic heterocycles. The number of piperidine rings is 1. The number of carbonyl (C=O) groups excluding carboxylic acids is 1. The normalized spacial score (nSPS) is 14.8. The molecule has 0 saturated carbocycles. The largest absolute Gasteiger partial charge is 0.481 e. The van der Waals surface area contributed by atoms with Crippen molar-refractivity contribution >= 4 is 17.3 Å². The van der Waals surface area contributed by atoms with E-state index >= 15 is 0 Å². The Morgan fingerprint density at radius 2 is 1.94 bits per heavy atom. The summed E-state index contributed by atoms with van der Waals surface area (Å²) in [5, 5.41) is 0. The lowest BCUT2D eigenvalue weighted by Crippen LogP contribution is -2.42. The van der Waals surface area contributed by atoms with Crippen LogP contribution >= 0.6 is 0 Å². The first-order chi connectivity index (χ1) is 15.0. The molecule has 0 spiro atoms. The van der Waals surface area contributed by atoms with Crippen molar-refractivity contribution in [3.8, 4) is 17.4 Å². The van der Waals surface area contributed by atoms with E-state index in [-0.39, 0.29) is 18.3 Å². The highest BCUT2D eigenvalue weighted by Crippen LogP contribution is 2.27. The van der Waals surface area contributed by atoms with E-state index in [1.165, 1.54) is 6.33 Å². The average Bonchev–Trinajstić information content (AvgIpc) is 3.18. The Hall–Kier alpha value is -3.43. The molecule has 1 fully saturated rings. The molecule has 0 bridgehead atoms. The number of nitrogens with zero attached hydrogens (tertiary/aromatic N) is 6. The molecule has 1 saturated heterocycles. The van der Waals surface area contributed by atoms with Crippen LogP contribution in [-0.2, 0) is 4.74 Å². The van der Waals surface area contributed by atoms with Crippen molar-refractivity contribution in [1.82, 2.24) is 29.4 Å². The van der Waals surface area contributed by atoms with Crippen molar-refractivity contribution in [3.05, 3.63) is 30.5 Å². The molecule has 1 amide bonds. The van der Waals surface area contributed by atoms with Crippen molar-refractivity contribution < 1.29 is 19.0 Å². The van der Waals surface area contributed by atoms with Gasteiger partial charge in [-0.1, -0.05) is 0 Å². The van der Waals surface area contributed by atoms with E-state index in [0.29, 0.717) is 48.9 Å². The van der Waals surface area contributed by atoms with Gasteiger partial charge < -0.3 is 19.1 Å². The van der Waals surface area contributed by atoms with Crippen molar-refractivity contribution in [2.75, 3.05) is 20.2 Å². The molecule has 0 aromatic carbocycles. The predicted octanol–water partition coefficient (Wildman–Crippen LogP) is 2.92. The summed E-state index contributed by atoms with van der Waals surface area (Å²) in [5.74, 6) is 0.985. The molecule has 31 heavy (non-hydrogen) atoms. The van der Waals surface area contributed by atoms with Crippen LogP contribution in [0.5, 0.6) is 11.8 Å². The van der Waals surface area contributed by atoms with Gasteiger partial charge in [-0.2, -0.15) is 4.98 Å². The highest BCUT2D eigenvalue weighted by Gasteiger charge is 2.26. The van der Waals surface area contributed by atoms with Gasteiger partial charge >= 0.3 is 6.09 Å². The Balaban J connectivity index is 1.50. The zero-order valence-electron chi connectivity index (χ0n) is 18.1. The third kappa shape index (κ3) is 4.37. The van der Waals surface area contributed by atoms with Gasteiger partial charge in [-0.25, -0.2) is 19.7 Å². The second-order valence-corrected chi connectivity index (χ2v) is 7.66. The van der Waals surface area contributed by atoms with Gasteiger partial charge in [-0.15, -0.1) is 0 Å². The molecule has 164 valence electrons. The number of imidazole rings is 1. The second-order valence-electron chi connectivity index (χ2n) is 7.66. The van der Waals surface area contributed by atoms with Gasteiger partial charge in [0.25, 0.3) is 0 Å². The van der Waals surface area contributed by atoms with Crippen LogP contribution in [-0.4, -0.2) is 67.9 Å². The summed E-state index contributed by atoms with van der Waals surface area (Å²) in [6.45, 7) is 6.75. The molecule has 4 rings (SSSR count). The minimum atomic E-state index is -0.278. The summed E-state index contributed by atoms with van der Waals surface area (Å²) in [6, 6.07) is 3.71. The Bertz CT molecular complexity index is 1070. The van der Waals surface area contributed by atoms with Gasteiger partial charge in [-0.3, -0.25) is 4.57 Å². The number of fused-ring (bicyclic) bond motifs is 1. The number of ether oxygens (including phenoxy) is 3. The van der Waals surface area contributed by atoms with Crippen molar-refractivity contribution in [2.45, 2.75) is 45.8 Å². The summed E-state index contributed by atoms with van der Waals surface area (Å²) >= 11 is 0. The van der Waals surface area contributed by atoms with Crippen LogP contribution < -0.4 is 9.47 Å². The Morgan fingerprint density at radius 3 is 2.61 bits per heavy atom. The maximum atomic E-state index is 12.1. The van der Waals surface area contributed by atoms with Gasteiger partial charge in [0.15, 0.2) is 11.2 Å². The monoisotopic (exact) mass is 426 g/mol. The van der Waals surface area contributed by atoms with E-state index in [4.69, 9.17) is 14.2 Å². The number of hydrogen-bond donors (Lipinski definition) is 0. The summed E-state index contributed by atoms with van der Waals surface area (Å²) < 4.78 is 18.5.